The first-order chi connectivity index (χ1) is 9.74. The second-order valence-electron chi connectivity index (χ2n) is 4.51. The van der Waals surface area contributed by atoms with Crippen molar-refractivity contribution in [2.24, 2.45) is 10.2 Å². The van der Waals surface area contributed by atoms with Crippen molar-refractivity contribution in [2.75, 3.05) is 4.90 Å². The van der Waals surface area contributed by atoms with Gasteiger partial charge in [0.25, 0.3) is 0 Å². The van der Waals surface area contributed by atoms with Gasteiger partial charge < -0.3 is 0 Å². The predicted octanol–water partition coefficient (Wildman–Crippen LogP) is 3.95. The molecule has 0 saturated carbocycles. The first kappa shape index (κ1) is 12.9. The molecule has 0 saturated heterocycles. The number of halogens is 1. The van der Waals surface area contributed by atoms with E-state index in [9.17, 15) is 4.39 Å². The van der Waals surface area contributed by atoms with Crippen molar-refractivity contribution in [1.82, 2.24) is 0 Å². The van der Waals surface area contributed by atoms with Crippen molar-refractivity contribution in [2.45, 2.75) is 12.6 Å². The summed E-state index contributed by atoms with van der Waals surface area (Å²) >= 11 is 5.22. The van der Waals surface area contributed by atoms with E-state index in [1.165, 1.54) is 12.1 Å². The van der Waals surface area contributed by atoms with Crippen LogP contribution in [0.25, 0.3) is 0 Å². The first-order valence-electron chi connectivity index (χ1n) is 6.27. The molecule has 2 aromatic carbocycles. The molecule has 0 bridgehead atoms. The third-order valence-corrected chi connectivity index (χ3v) is 3.42. The molecule has 100 valence electrons. The van der Waals surface area contributed by atoms with E-state index in [1.807, 2.05) is 35.2 Å². The minimum atomic E-state index is -0.271. The van der Waals surface area contributed by atoms with E-state index in [-0.39, 0.29) is 12.0 Å². The third kappa shape index (κ3) is 2.58. The fourth-order valence-corrected chi connectivity index (χ4v) is 2.46. The summed E-state index contributed by atoms with van der Waals surface area (Å²) in [5.74, 6) is -0.271. The van der Waals surface area contributed by atoms with Crippen molar-refractivity contribution >= 4 is 23.0 Å². The number of hydrogen-bond donors (Lipinski definition) is 0. The average molecular weight is 285 g/mol. The fraction of sp³-hybridized carbons (Fsp3) is 0.133. The smallest absolute Gasteiger partial charge is 0.222 e. The number of benzene rings is 2. The Hall–Kier alpha value is -2.14. The maximum atomic E-state index is 13.0. The highest BCUT2D eigenvalue weighted by molar-refractivity contribution is 7.80. The van der Waals surface area contributed by atoms with Crippen LogP contribution in [0.15, 0.2) is 64.8 Å². The molecule has 0 fully saturated rings. The van der Waals surface area contributed by atoms with Crippen LogP contribution in [0.5, 0.6) is 0 Å². The Bertz CT molecular complexity index is 640. The molecule has 1 unspecified atom stereocenters. The van der Waals surface area contributed by atoms with Crippen molar-refractivity contribution in [3.63, 3.8) is 0 Å². The van der Waals surface area contributed by atoms with Gasteiger partial charge in [-0.05, 0) is 42.0 Å². The maximum absolute atomic E-state index is 13.0. The molecule has 1 heterocycles. The van der Waals surface area contributed by atoms with E-state index in [4.69, 9.17) is 12.2 Å². The van der Waals surface area contributed by atoms with Crippen molar-refractivity contribution in [3.8, 4) is 0 Å². The van der Waals surface area contributed by atoms with Crippen LogP contribution in [0.2, 0.25) is 0 Å². The Morgan fingerprint density at radius 2 is 1.75 bits per heavy atom. The van der Waals surface area contributed by atoms with Gasteiger partial charge >= 0.3 is 0 Å². The molecule has 0 aliphatic carbocycles. The summed E-state index contributed by atoms with van der Waals surface area (Å²) in [4.78, 5) is 1.85. The Balaban J connectivity index is 1.85. The first-order valence-corrected chi connectivity index (χ1v) is 6.68. The van der Waals surface area contributed by atoms with Gasteiger partial charge in [0.05, 0.1) is 0 Å². The van der Waals surface area contributed by atoms with Gasteiger partial charge in [-0.2, -0.15) is 5.11 Å². The Morgan fingerprint density at radius 3 is 2.45 bits per heavy atom. The van der Waals surface area contributed by atoms with E-state index in [2.05, 4.69) is 10.2 Å². The monoisotopic (exact) mass is 285 g/mol. The van der Waals surface area contributed by atoms with Gasteiger partial charge in [0.15, 0.2) is 6.17 Å². The molecule has 20 heavy (non-hydrogen) atoms. The van der Waals surface area contributed by atoms with Gasteiger partial charge in [0.1, 0.15) is 5.82 Å². The molecule has 1 aliphatic heterocycles. The maximum Gasteiger partial charge on any atom is 0.222 e. The topological polar surface area (TPSA) is 28.0 Å². The summed E-state index contributed by atoms with van der Waals surface area (Å²) in [7, 11) is 0. The molecule has 0 spiro atoms. The molecule has 1 atom stereocenters. The predicted molar refractivity (Wildman–Crippen MR) is 80.3 cm³/mol. The zero-order valence-corrected chi connectivity index (χ0v) is 11.4. The van der Waals surface area contributed by atoms with Crippen molar-refractivity contribution in [3.05, 3.63) is 66.0 Å². The van der Waals surface area contributed by atoms with E-state index in [0.717, 1.165) is 11.3 Å². The van der Waals surface area contributed by atoms with E-state index in [0.29, 0.717) is 11.5 Å². The molecule has 5 heteroatoms. The minimum absolute atomic E-state index is 0.171. The zero-order valence-electron chi connectivity index (χ0n) is 10.6. The number of thiocarbonyl (C=S) groups is 1. The lowest BCUT2D eigenvalue weighted by atomic mass is 10.1. The van der Waals surface area contributed by atoms with Crippen molar-refractivity contribution in [1.29, 1.82) is 0 Å². The second-order valence-corrected chi connectivity index (χ2v) is 4.88. The molecule has 3 rings (SSSR count). The molecule has 0 radical (unpaired) electrons. The quantitative estimate of drug-likeness (QED) is 0.799. The molecule has 3 nitrogen and oxygen atoms in total. The van der Waals surface area contributed by atoms with Gasteiger partial charge in [-0.1, -0.05) is 30.3 Å². The second kappa shape index (κ2) is 5.46. The van der Waals surface area contributed by atoms with Crippen LogP contribution in [0, 0.1) is 5.82 Å². The van der Waals surface area contributed by atoms with E-state index < -0.39 is 0 Å². The zero-order chi connectivity index (χ0) is 13.9. The van der Waals surface area contributed by atoms with E-state index >= 15 is 0 Å². The van der Waals surface area contributed by atoms with Gasteiger partial charge in [0, 0.05) is 12.1 Å². The van der Waals surface area contributed by atoms with Crippen LogP contribution >= 0.6 is 12.2 Å². The highest BCUT2D eigenvalue weighted by Crippen LogP contribution is 2.26. The molecule has 2 aromatic rings. The molecule has 0 N–H and O–H groups in total. The van der Waals surface area contributed by atoms with Crippen LogP contribution in [-0.4, -0.2) is 11.3 Å². The van der Waals surface area contributed by atoms with Gasteiger partial charge in [0.2, 0.25) is 5.11 Å². The lowest BCUT2D eigenvalue weighted by Gasteiger charge is -2.23. The summed E-state index contributed by atoms with van der Waals surface area (Å²) in [6.45, 7) is 0. The average Bonchev–Trinajstić information content (AvgIpc) is 2.82. The Kier molecular flexibility index (Phi) is 3.52. The number of azo groups is 1. The van der Waals surface area contributed by atoms with Crippen LogP contribution in [-0.2, 0) is 6.42 Å². The normalized spacial score (nSPS) is 17.8. The number of rotatable bonds is 3. The molecule has 0 aromatic heterocycles. The summed E-state index contributed by atoms with van der Waals surface area (Å²) in [5.41, 5.74) is 1.97. The lowest BCUT2D eigenvalue weighted by molar-refractivity contribution is 0.627. The lowest BCUT2D eigenvalue weighted by Crippen LogP contribution is -2.34. The third-order valence-electron chi connectivity index (χ3n) is 3.15. The largest absolute Gasteiger partial charge is 0.291 e. The molecule has 1 aliphatic rings. The summed E-state index contributed by atoms with van der Waals surface area (Å²) in [6, 6.07) is 16.2. The highest BCUT2D eigenvalue weighted by Gasteiger charge is 2.27. The van der Waals surface area contributed by atoms with Gasteiger partial charge in [-0.3, -0.25) is 4.90 Å². The summed E-state index contributed by atoms with van der Waals surface area (Å²) in [5, 5.41) is 8.61. The number of hydrogen-bond acceptors (Lipinski definition) is 2. The molecular weight excluding hydrogens is 273 g/mol. The van der Waals surface area contributed by atoms with Gasteiger partial charge in [-0.25, -0.2) is 4.39 Å². The SMILES string of the molecule is Fc1ccc(N2C(=S)N=NC2Cc2ccccc2)cc1. The van der Waals surface area contributed by atoms with Crippen LogP contribution in [0.1, 0.15) is 5.56 Å². The summed E-state index contributed by atoms with van der Waals surface area (Å²) < 4.78 is 13.0. The van der Waals surface area contributed by atoms with Gasteiger partial charge in [-0.15, -0.1) is 5.11 Å². The summed E-state index contributed by atoms with van der Waals surface area (Å²) in [6.07, 6.45) is 0.539. The molecule has 0 amide bonds. The molecular formula is C15H12FN3S. The van der Waals surface area contributed by atoms with Crippen molar-refractivity contribution < 1.29 is 4.39 Å². The Labute approximate surface area is 121 Å². The van der Waals surface area contributed by atoms with Crippen LogP contribution < -0.4 is 4.90 Å². The Morgan fingerprint density at radius 1 is 1.05 bits per heavy atom. The van der Waals surface area contributed by atoms with Crippen LogP contribution in [0.3, 0.4) is 0 Å². The number of anilines is 1. The standard InChI is InChI=1S/C15H12FN3S/c16-12-6-8-13(9-7-12)19-14(17-18-15(19)20)10-11-4-2-1-3-5-11/h1-9,14H,10H2. The highest BCUT2D eigenvalue weighted by atomic mass is 32.1. The van der Waals surface area contributed by atoms with Crippen LogP contribution in [0.4, 0.5) is 10.1 Å². The fourth-order valence-electron chi connectivity index (χ4n) is 2.18. The number of nitrogens with zero attached hydrogens (tertiary/aromatic N) is 3. The minimum Gasteiger partial charge on any atom is -0.291 e. The van der Waals surface area contributed by atoms with E-state index in [1.54, 1.807) is 12.1 Å².